The Labute approximate surface area is 108 Å². The molecule has 19 heavy (non-hydrogen) atoms. The number of nitrogens with one attached hydrogen (secondary N) is 1. The van der Waals surface area contributed by atoms with Crippen LogP contribution in [-0.4, -0.2) is 81.1 Å². The number of aliphatic hydroxyl groups is 1. The third kappa shape index (κ3) is 3.40. The second-order valence-electron chi connectivity index (χ2n) is 4.33. The number of carboxylic acid groups (broad SMARTS) is 3. The van der Waals surface area contributed by atoms with Crippen molar-refractivity contribution < 1.29 is 34.8 Å². The van der Waals surface area contributed by atoms with Crippen molar-refractivity contribution in [3.8, 4) is 0 Å². The molecule has 0 amide bonds. The molecule has 1 saturated heterocycles. The lowest BCUT2D eigenvalue weighted by Crippen LogP contribution is -2.64. The molecule has 9 heteroatoms. The molecule has 1 heterocycles. The molecule has 0 unspecified atom stereocenters. The van der Waals surface area contributed by atoms with Gasteiger partial charge in [-0.3, -0.25) is 14.5 Å². The number of aliphatic carboxylic acids is 3. The van der Waals surface area contributed by atoms with Crippen LogP contribution in [0.15, 0.2) is 0 Å². The van der Waals surface area contributed by atoms with E-state index < -0.39 is 36.0 Å². The molecule has 1 aliphatic rings. The Hall–Kier alpha value is -1.71. The van der Waals surface area contributed by atoms with Gasteiger partial charge in [0.05, 0.1) is 6.42 Å². The zero-order valence-corrected chi connectivity index (χ0v) is 10.1. The van der Waals surface area contributed by atoms with E-state index in [1.165, 1.54) is 4.90 Å². The molecule has 0 bridgehead atoms. The highest BCUT2D eigenvalue weighted by Crippen LogP contribution is 2.22. The van der Waals surface area contributed by atoms with E-state index >= 15 is 0 Å². The van der Waals surface area contributed by atoms with Crippen molar-refractivity contribution in [1.29, 1.82) is 0 Å². The van der Waals surface area contributed by atoms with Gasteiger partial charge in [-0.25, -0.2) is 4.79 Å². The maximum absolute atomic E-state index is 11.3. The van der Waals surface area contributed by atoms with Crippen LogP contribution >= 0.6 is 0 Å². The Kier molecular flexibility index (Phi) is 4.81. The molecular weight excluding hydrogens is 260 g/mol. The van der Waals surface area contributed by atoms with Crippen molar-refractivity contribution in [2.75, 3.05) is 26.2 Å². The highest BCUT2D eigenvalue weighted by molar-refractivity contribution is 5.91. The lowest BCUT2D eigenvalue weighted by molar-refractivity contribution is -0.181. The van der Waals surface area contributed by atoms with Crippen LogP contribution < -0.4 is 5.32 Å². The molecular formula is C10H16N2O7. The number of carboxylic acids is 3. The van der Waals surface area contributed by atoms with Gasteiger partial charge in [0.2, 0.25) is 0 Å². The Morgan fingerprint density at radius 2 is 1.68 bits per heavy atom. The van der Waals surface area contributed by atoms with Crippen LogP contribution in [0.3, 0.4) is 0 Å². The Morgan fingerprint density at radius 1 is 1.16 bits per heavy atom. The summed E-state index contributed by atoms with van der Waals surface area (Å²) >= 11 is 0. The number of nitrogens with zero attached hydrogens (tertiary/aromatic N) is 1. The van der Waals surface area contributed by atoms with Crippen molar-refractivity contribution in [3.05, 3.63) is 0 Å². The van der Waals surface area contributed by atoms with Gasteiger partial charge in [-0.2, -0.15) is 0 Å². The van der Waals surface area contributed by atoms with E-state index in [1.807, 2.05) is 0 Å². The molecule has 9 nitrogen and oxygen atoms in total. The Morgan fingerprint density at radius 3 is 2.05 bits per heavy atom. The van der Waals surface area contributed by atoms with E-state index in [4.69, 9.17) is 15.3 Å². The first-order chi connectivity index (χ1) is 8.79. The van der Waals surface area contributed by atoms with Gasteiger partial charge >= 0.3 is 17.9 Å². The third-order valence-corrected chi connectivity index (χ3v) is 2.99. The van der Waals surface area contributed by atoms with E-state index in [0.717, 1.165) is 0 Å². The summed E-state index contributed by atoms with van der Waals surface area (Å²) in [6, 6.07) is -1.80. The highest BCUT2D eigenvalue weighted by Gasteiger charge is 2.52. The molecule has 0 aromatic carbocycles. The second kappa shape index (κ2) is 5.95. The summed E-state index contributed by atoms with van der Waals surface area (Å²) in [5.41, 5.74) is -2.87. The second-order valence-corrected chi connectivity index (χ2v) is 4.33. The largest absolute Gasteiger partial charge is 0.481 e. The van der Waals surface area contributed by atoms with Crippen LogP contribution in [0.5, 0.6) is 0 Å². The molecule has 0 radical (unpaired) electrons. The molecule has 1 fully saturated rings. The molecule has 1 aliphatic heterocycles. The highest BCUT2D eigenvalue weighted by atomic mass is 16.4. The molecule has 1 rings (SSSR count). The summed E-state index contributed by atoms with van der Waals surface area (Å²) in [6.45, 7) is 1.30. The lowest BCUT2D eigenvalue weighted by atomic mass is 9.88. The fourth-order valence-corrected chi connectivity index (χ4v) is 2.12. The van der Waals surface area contributed by atoms with Crippen LogP contribution in [0.2, 0.25) is 0 Å². The van der Waals surface area contributed by atoms with Crippen molar-refractivity contribution in [1.82, 2.24) is 10.2 Å². The van der Waals surface area contributed by atoms with E-state index in [0.29, 0.717) is 13.1 Å². The maximum Gasteiger partial charge on any atom is 0.338 e. The van der Waals surface area contributed by atoms with Gasteiger partial charge in [0.15, 0.2) is 5.60 Å². The predicted molar refractivity (Wildman–Crippen MR) is 60.7 cm³/mol. The molecule has 0 aromatic rings. The molecule has 0 aromatic heterocycles. The molecule has 5 N–H and O–H groups in total. The first kappa shape index (κ1) is 15.3. The zero-order valence-electron chi connectivity index (χ0n) is 10.1. The number of rotatable bonds is 6. The van der Waals surface area contributed by atoms with Crippen molar-refractivity contribution in [2.24, 2.45) is 0 Å². The standard InChI is InChI=1S/C10H16N2O7/c13-6(14)5-10(19,9(17)18)7(8(15)16)12-3-1-11-2-4-12/h7,11,19H,1-5H2,(H,13,14)(H,15,16)(H,17,18)/t7-,10+/m1/s1. The number of hydrogen-bond acceptors (Lipinski definition) is 6. The normalized spacial score (nSPS) is 21.3. The van der Waals surface area contributed by atoms with E-state index in [-0.39, 0.29) is 13.1 Å². The summed E-state index contributed by atoms with van der Waals surface area (Å²) in [5.74, 6) is -5.00. The van der Waals surface area contributed by atoms with Crippen LogP contribution in [0.4, 0.5) is 0 Å². The van der Waals surface area contributed by atoms with Gasteiger partial charge in [-0.15, -0.1) is 0 Å². The molecule has 0 saturated carbocycles. The summed E-state index contributed by atoms with van der Waals surface area (Å²) in [4.78, 5) is 34.3. The minimum absolute atomic E-state index is 0.214. The Bertz CT molecular complexity index is 380. The predicted octanol–water partition coefficient (Wildman–Crippen LogP) is -2.36. The quantitative estimate of drug-likeness (QED) is 0.359. The van der Waals surface area contributed by atoms with E-state index in [1.54, 1.807) is 0 Å². The summed E-state index contributed by atoms with van der Waals surface area (Å²) in [5, 5.41) is 39.8. The van der Waals surface area contributed by atoms with Crippen molar-refractivity contribution >= 4 is 17.9 Å². The van der Waals surface area contributed by atoms with Gasteiger partial charge in [-0.05, 0) is 0 Å². The average Bonchev–Trinajstić information content (AvgIpc) is 2.28. The molecule has 108 valence electrons. The van der Waals surface area contributed by atoms with Gasteiger partial charge in [0, 0.05) is 26.2 Å². The fourth-order valence-electron chi connectivity index (χ4n) is 2.12. The van der Waals surface area contributed by atoms with Gasteiger partial charge < -0.3 is 25.7 Å². The monoisotopic (exact) mass is 276 g/mol. The average molecular weight is 276 g/mol. The summed E-state index contributed by atoms with van der Waals surface area (Å²) in [6.07, 6.45) is -1.18. The minimum atomic E-state index is -2.87. The maximum atomic E-state index is 11.3. The topological polar surface area (TPSA) is 147 Å². The Balaban J connectivity index is 3.07. The van der Waals surface area contributed by atoms with Crippen LogP contribution in [0, 0.1) is 0 Å². The number of hydrogen-bond donors (Lipinski definition) is 5. The molecule has 2 atom stereocenters. The zero-order chi connectivity index (χ0) is 14.6. The lowest BCUT2D eigenvalue weighted by Gasteiger charge is -2.38. The van der Waals surface area contributed by atoms with Crippen LogP contribution in [-0.2, 0) is 14.4 Å². The summed E-state index contributed by atoms with van der Waals surface area (Å²) < 4.78 is 0. The first-order valence-corrected chi connectivity index (χ1v) is 5.64. The minimum Gasteiger partial charge on any atom is -0.481 e. The van der Waals surface area contributed by atoms with Crippen LogP contribution in [0.25, 0.3) is 0 Å². The van der Waals surface area contributed by atoms with Gasteiger partial charge in [0.25, 0.3) is 0 Å². The number of piperazine rings is 1. The van der Waals surface area contributed by atoms with Gasteiger partial charge in [0.1, 0.15) is 6.04 Å². The third-order valence-electron chi connectivity index (χ3n) is 2.99. The first-order valence-electron chi connectivity index (χ1n) is 5.64. The molecule has 0 spiro atoms. The summed E-state index contributed by atoms with van der Waals surface area (Å²) in [7, 11) is 0. The van der Waals surface area contributed by atoms with Gasteiger partial charge in [-0.1, -0.05) is 0 Å². The fraction of sp³-hybridized carbons (Fsp3) is 0.700. The SMILES string of the molecule is O=C(O)C[C@@](O)(C(=O)O)[C@@H](C(=O)O)N1CCNCC1. The number of carbonyl (C=O) groups is 3. The van der Waals surface area contributed by atoms with E-state index in [9.17, 15) is 19.5 Å². The van der Waals surface area contributed by atoms with Crippen molar-refractivity contribution in [3.63, 3.8) is 0 Å². The molecule has 0 aliphatic carbocycles. The van der Waals surface area contributed by atoms with Crippen LogP contribution in [0.1, 0.15) is 6.42 Å². The smallest absolute Gasteiger partial charge is 0.338 e. The van der Waals surface area contributed by atoms with Crippen molar-refractivity contribution in [2.45, 2.75) is 18.1 Å². The van der Waals surface area contributed by atoms with E-state index in [2.05, 4.69) is 5.32 Å².